The molecule has 1 atom stereocenters. The maximum atomic E-state index is 13.1. The Hall–Kier alpha value is -2.40. The fraction of sp³-hybridized carbons (Fsp3) is 0.0714. The Morgan fingerprint density at radius 2 is 1.74 bits per heavy atom. The average Bonchev–Trinajstić information content (AvgIpc) is 2.46. The first-order valence-corrected chi connectivity index (χ1v) is 5.73. The van der Waals surface area contributed by atoms with Crippen molar-refractivity contribution in [3.05, 3.63) is 66.0 Å². The standard InChI is InChI=1S/C14H10FN3O/c15-11-5-10(7-16-8-11)14(19)9-1-2-12-13(6-9)18-4-3-17-12/h1-8,14,19H. The molecule has 94 valence electrons. The zero-order valence-electron chi connectivity index (χ0n) is 9.86. The lowest BCUT2D eigenvalue weighted by molar-refractivity contribution is 0.219. The molecule has 0 bridgehead atoms. The fourth-order valence-corrected chi connectivity index (χ4v) is 1.92. The summed E-state index contributed by atoms with van der Waals surface area (Å²) in [6.45, 7) is 0. The number of aromatic nitrogens is 3. The van der Waals surface area contributed by atoms with Crippen LogP contribution in [0, 0.1) is 5.82 Å². The van der Waals surface area contributed by atoms with E-state index in [0.29, 0.717) is 16.6 Å². The van der Waals surface area contributed by atoms with Crippen LogP contribution in [0.1, 0.15) is 17.2 Å². The summed E-state index contributed by atoms with van der Waals surface area (Å²) in [4.78, 5) is 12.1. The van der Waals surface area contributed by atoms with Gasteiger partial charge >= 0.3 is 0 Å². The number of hydrogen-bond donors (Lipinski definition) is 1. The van der Waals surface area contributed by atoms with Gasteiger partial charge in [-0.1, -0.05) is 6.07 Å². The molecule has 0 amide bonds. The molecule has 0 aliphatic rings. The van der Waals surface area contributed by atoms with Crippen molar-refractivity contribution >= 4 is 11.0 Å². The first-order valence-electron chi connectivity index (χ1n) is 5.73. The van der Waals surface area contributed by atoms with E-state index in [1.807, 2.05) is 0 Å². The van der Waals surface area contributed by atoms with Gasteiger partial charge in [-0.2, -0.15) is 0 Å². The third-order valence-electron chi connectivity index (χ3n) is 2.85. The number of nitrogens with zero attached hydrogens (tertiary/aromatic N) is 3. The first-order chi connectivity index (χ1) is 9.24. The van der Waals surface area contributed by atoms with Crippen molar-refractivity contribution in [2.45, 2.75) is 6.10 Å². The summed E-state index contributed by atoms with van der Waals surface area (Å²) in [7, 11) is 0. The van der Waals surface area contributed by atoms with Crippen LogP contribution in [0.25, 0.3) is 11.0 Å². The minimum absolute atomic E-state index is 0.406. The smallest absolute Gasteiger partial charge is 0.141 e. The molecule has 2 aromatic heterocycles. The molecule has 1 unspecified atom stereocenters. The molecule has 0 aliphatic heterocycles. The van der Waals surface area contributed by atoms with Crippen LogP contribution >= 0.6 is 0 Å². The molecule has 0 spiro atoms. The van der Waals surface area contributed by atoms with Gasteiger partial charge in [-0.25, -0.2) is 4.39 Å². The number of benzene rings is 1. The van der Waals surface area contributed by atoms with Crippen LogP contribution in [0.5, 0.6) is 0 Å². The lowest BCUT2D eigenvalue weighted by Gasteiger charge is -2.11. The number of fused-ring (bicyclic) bond motifs is 1. The van der Waals surface area contributed by atoms with Gasteiger partial charge in [0.2, 0.25) is 0 Å². The number of rotatable bonds is 2. The minimum Gasteiger partial charge on any atom is -0.384 e. The van der Waals surface area contributed by atoms with E-state index in [4.69, 9.17) is 0 Å². The van der Waals surface area contributed by atoms with Gasteiger partial charge in [0.1, 0.15) is 11.9 Å². The molecule has 19 heavy (non-hydrogen) atoms. The number of pyridine rings is 1. The van der Waals surface area contributed by atoms with Gasteiger partial charge in [0.15, 0.2) is 0 Å². The molecule has 0 radical (unpaired) electrons. The van der Waals surface area contributed by atoms with Gasteiger partial charge < -0.3 is 5.11 Å². The second-order valence-electron chi connectivity index (χ2n) is 4.14. The zero-order valence-corrected chi connectivity index (χ0v) is 9.86. The van der Waals surface area contributed by atoms with Gasteiger partial charge in [0, 0.05) is 24.2 Å². The Balaban J connectivity index is 2.04. The normalized spacial score (nSPS) is 12.5. The first kappa shape index (κ1) is 11.7. The molecule has 0 saturated heterocycles. The Morgan fingerprint density at radius 1 is 0.947 bits per heavy atom. The van der Waals surface area contributed by atoms with E-state index in [2.05, 4.69) is 15.0 Å². The van der Waals surface area contributed by atoms with Crippen LogP contribution < -0.4 is 0 Å². The summed E-state index contributed by atoms with van der Waals surface area (Å²) in [5.74, 6) is -0.475. The molecule has 2 heterocycles. The molecule has 1 N–H and O–H groups in total. The SMILES string of the molecule is OC(c1cncc(F)c1)c1ccc2nccnc2c1. The predicted molar refractivity (Wildman–Crippen MR) is 67.8 cm³/mol. The average molecular weight is 255 g/mol. The molecular weight excluding hydrogens is 245 g/mol. The van der Waals surface area contributed by atoms with E-state index in [-0.39, 0.29) is 0 Å². The highest BCUT2D eigenvalue weighted by atomic mass is 19.1. The third kappa shape index (κ3) is 2.28. The van der Waals surface area contributed by atoms with E-state index in [9.17, 15) is 9.50 Å². The van der Waals surface area contributed by atoms with Crippen molar-refractivity contribution in [3.63, 3.8) is 0 Å². The summed E-state index contributed by atoms with van der Waals surface area (Å²) in [5.41, 5.74) is 2.46. The van der Waals surface area contributed by atoms with E-state index in [1.165, 1.54) is 12.3 Å². The Morgan fingerprint density at radius 3 is 2.53 bits per heavy atom. The molecule has 4 nitrogen and oxygen atoms in total. The van der Waals surface area contributed by atoms with E-state index in [0.717, 1.165) is 11.7 Å². The van der Waals surface area contributed by atoms with Gasteiger partial charge in [0.05, 0.1) is 17.2 Å². The lowest BCUT2D eigenvalue weighted by atomic mass is 10.0. The second kappa shape index (κ2) is 4.70. The summed E-state index contributed by atoms with van der Waals surface area (Å²) in [6.07, 6.45) is 4.79. The van der Waals surface area contributed by atoms with Crippen molar-refractivity contribution in [1.82, 2.24) is 15.0 Å². The van der Waals surface area contributed by atoms with E-state index < -0.39 is 11.9 Å². The molecule has 3 aromatic rings. The van der Waals surface area contributed by atoms with Crippen molar-refractivity contribution in [2.75, 3.05) is 0 Å². The topological polar surface area (TPSA) is 58.9 Å². The lowest BCUT2D eigenvalue weighted by Crippen LogP contribution is -2.01. The zero-order chi connectivity index (χ0) is 13.2. The van der Waals surface area contributed by atoms with Crippen LogP contribution in [0.3, 0.4) is 0 Å². The van der Waals surface area contributed by atoms with Gasteiger partial charge in [0.25, 0.3) is 0 Å². The number of halogens is 1. The monoisotopic (exact) mass is 255 g/mol. The molecule has 3 rings (SSSR count). The van der Waals surface area contributed by atoms with Crippen molar-refractivity contribution in [2.24, 2.45) is 0 Å². The summed E-state index contributed by atoms with van der Waals surface area (Å²) in [5, 5.41) is 10.2. The van der Waals surface area contributed by atoms with Crippen LogP contribution in [0.4, 0.5) is 4.39 Å². The highest BCUT2D eigenvalue weighted by Crippen LogP contribution is 2.23. The molecular formula is C14H10FN3O. The molecule has 0 fully saturated rings. The van der Waals surface area contributed by atoms with Crippen molar-refractivity contribution < 1.29 is 9.50 Å². The minimum atomic E-state index is -0.936. The van der Waals surface area contributed by atoms with Gasteiger partial charge in [-0.3, -0.25) is 15.0 Å². The quantitative estimate of drug-likeness (QED) is 0.763. The van der Waals surface area contributed by atoms with Gasteiger partial charge in [-0.05, 0) is 23.8 Å². The highest BCUT2D eigenvalue weighted by molar-refractivity contribution is 5.74. The Bertz CT molecular complexity index is 732. The van der Waals surface area contributed by atoms with E-state index in [1.54, 1.807) is 30.6 Å². The highest BCUT2D eigenvalue weighted by Gasteiger charge is 2.12. The molecule has 0 aliphatic carbocycles. The maximum Gasteiger partial charge on any atom is 0.141 e. The second-order valence-corrected chi connectivity index (χ2v) is 4.14. The van der Waals surface area contributed by atoms with Gasteiger partial charge in [-0.15, -0.1) is 0 Å². The maximum absolute atomic E-state index is 13.1. The van der Waals surface area contributed by atoms with Crippen LogP contribution in [-0.2, 0) is 0 Å². The Kier molecular flexibility index (Phi) is 2.89. The molecule has 0 saturated carbocycles. The van der Waals surface area contributed by atoms with Crippen LogP contribution in [-0.4, -0.2) is 20.1 Å². The number of hydrogen-bond acceptors (Lipinski definition) is 4. The third-order valence-corrected chi connectivity index (χ3v) is 2.85. The summed E-state index contributed by atoms with van der Waals surface area (Å²) in [6, 6.07) is 6.51. The summed E-state index contributed by atoms with van der Waals surface area (Å²) < 4.78 is 13.1. The van der Waals surface area contributed by atoms with Crippen molar-refractivity contribution in [3.8, 4) is 0 Å². The largest absolute Gasteiger partial charge is 0.384 e. The van der Waals surface area contributed by atoms with Crippen molar-refractivity contribution in [1.29, 1.82) is 0 Å². The van der Waals surface area contributed by atoms with E-state index >= 15 is 0 Å². The fourth-order valence-electron chi connectivity index (χ4n) is 1.92. The predicted octanol–water partition coefficient (Wildman–Crippen LogP) is 2.25. The number of aliphatic hydroxyl groups excluding tert-OH is 1. The van der Waals surface area contributed by atoms with Crippen LogP contribution in [0.2, 0.25) is 0 Å². The van der Waals surface area contributed by atoms with Crippen LogP contribution in [0.15, 0.2) is 49.1 Å². The Labute approximate surface area is 108 Å². The molecule has 1 aromatic carbocycles. The summed E-state index contributed by atoms with van der Waals surface area (Å²) >= 11 is 0. The molecule has 5 heteroatoms. The number of aliphatic hydroxyl groups is 1.